The van der Waals surface area contributed by atoms with Crippen LogP contribution < -0.4 is 10.6 Å². The highest BCUT2D eigenvalue weighted by Gasteiger charge is 2.25. The molecule has 0 spiro atoms. The van der Waals surface area contributed by atoms with Crippen molar-refractivity contribution in [2.24, 2.45) is 0 Å². The molecule has 5 nitrogen and oxygen atoms in total. The van der Waals surface area contributed by atoms with Crippen LogP contribution in [0, 0.1) is 0 Å². The molecule has 1 aliphatic rings. The average molecular weight is 262 g/mol. The van der Waals surface area contributed by atoms with Crippen molar-refractivity contribution in [1.29, 1.82) is 0 Å². The Bertz CT molecular complexity index is 512. The maximum Gasteiger partial charge on any atom is 0.237 e. The number of rotatable bonds is 4. The molecule has 2 heterocycles. The summed E-state index contributed by atoms with van der Waals surface area (Å²) in [5.41, 5.74) is 1.04. The topological polar surface area (TPSA) is 70.1 Å². The van der Waals surface area contributed by atoms with Crippen molar-refractivity contribution in [3.8, 4) is 10.6 Å². The standard InChI is InChI=1S/C12H14N4OS/c17-10(9-6-7-13-9)14-12-15-11(18-16-12)8-4-2-1-3-5-8/h1-5,9-10,13,17H,6-7H2,(H,14,16)/t9-,10?/m0/s1. The third-order valence-electron chi connectivity index (χ3n) is 2.97. The second kappa shape index (κ2) is 5.01. The summed E-state index contributed by atoms with van der Waals surface area (Å²) < 4.78 is 4.21. The van der Waals surface area contributed by atoms with Gasteiger partial charge in [0, 0.05) is 5.56 Å². The van der Waals surface area contributed by atoms with Crippen LogP contribution in [0.25, 0.3) is 10.6 Å². The molecule has 3 N–H and O–H groups in total. The van der Waals surface area contributed by atoms with Crippen molar-refractivity contribution in [3.05, 3.63) is 30.3 Å². The zero-order valence-electron chi connectivity index (χ0n) is 9.71. The van der Waals surface area contributed by atoms with Crippen LogP contribution in [0.5, 0.6) is 0 Å². The number of hydrogen-bond donors (Lipinski definition) is 3. The number of anilines is 1. The third-order valence-corrected chi connectivity index (χ3v) is 3.73. The number of benzene rings is 1. The highest BCUT2D eigenvalue weighted by Crippen LogP contribution is 2.23. The first-order valence-corrected chi connectivity index (χ1v) is 6.67. The molecule has 1 unspecified atom stereocenters. The lowest BCUT2D eigenvalue weighted by Gasteiger charge is -2.31. The highest BCUT2D eigenvalue weighted by molar-refractivity contribution is 7.09. The second-order valence-electron chi connectivity index (χ2n) is 4.23. The molecule has 6 heteroatoms. The van der Waals surface area contributed by atoms with Gasteiger partial charge in [-0.1, -0.05) is 30.3 Å². The Labute approximate surface area is 109 Å². The SMILES string of the molecule is OC(Nc1nsc(-c2ccccc2)n1)[C@@H]1CCN1. The molecule has 3 rings (SSSR count). The molecular formula is C12H14N4OS. The Balaban J connectivity index is 1.69. The first kappa shape index (κ1) is 11.6. The minimum Gasteiger partial charge on any atom is -0.372 e. The predicted molar refractivity (Wildman–Crippen MR) is 71.4 cm³/mol. The summed E-state index contributed by atoms with van der Waals surface area (Å²) in [6, 6.07) is 10.0. The van der Waals surface area contributed by atoms with Gasteiger partial charge in [-0.3, -0.25) is 0 Å². The molecule has 94 valence electrons. The van der Waals surface area contributed by atoms with E-state index in [1.807, 2.05) is 30.3 Å². The van der Waals surface area contributed by atoms with E-state index in [1.54, 1.807) is 0 Å². The molecular weight excluding hydrogens is 248 g/mol. The van der Waals surface area contributed by atoms with Gasteiger partial charge in [-0.15, -0.1) is 0 Å². The molecule has 18 heavy (non-hydrogen) atoms. The van der Waals surface area contributed by atoms with Crippen LogP contribution in [-0.2, 0) is 0 Å². The minimum atomic E-state index is -0.628. The van der Waals surface area contributed by atoms with E-state index < -0.39 is 6.23 Å². The third kappa shape index (κ3) is 2.35. The zero-order chi connectivity index (χ0) is 12.4. The summed E-state index contributed by atoms with van der Waals surface area (Å²) in [5.74, 6) is 0.486. The molecule has 2 atom stereocenters. The van der Waals surface area contributed by atoms with Crippen LogP contribution in [0.15, 0.2) is 30.3 Å². The van der Waals surface area contributed by atoms with Crippen LogP contribution in [0.3, 0.4) is 0 Å². The lowest BCUT2D eigenvalue weighted by atomic mass is 10.1. The number of nitrogens with zero attached hydrogens (tertiary/aromatic N) is 2. The van der Waals surface area contributed by atoms with Gasteiger partial charge in [0.05, 0.1) is 6.04 Å². The van der Waals surface area contributed by atoms with Crippen molar-refractivity contribution in [2.45, 2.75) is 18.7 Å². The smallest absolute Gasteiger partial charge is 0.237 e. The predicted octanol–water partition coefficient (Wildman–Crippen LogP) is 1.30. The summed E-state index contributed by atoms with van der Waals surface area (Å²) in [5, 5.41) is 16.8. The normalized spacial score (nSPS) is 20.2. The molecule has 0 amide bonds. The maximum absolute atomic E-state index is 9.85. The molecule has 0 bridgehead atoms. The van der Waals surface area contributed by atoms with Gasteiger partial charge in [-0.25, -0.2) is 0 Å². The Kier molecular flexibility index (Phi) is 3.22. The molecule has 1 saturated heterocycles. The number of nitrogens with one attached hydrogen (secondary N) is 2. The van der Waals surface area contributed by atoms with Gasteiger partial charge in [0.25, 0.3) is 0 Å². The summed E-state index contributed by atoms with van der Waals surface area (Å²) in [6.45, 7) is 0.961. The molecule has 0 radical (unpaired) electrons. The Morgan fingerprint density at radius 3 is 2.83 bits per heavy atom. The van der Waals surface area contributed by atoms with Crippen LogP contribution in [0.4, 0.5) is 5.95 Å². The fraction of sp³-hybridized carbons (Fsp3) is 0.333. The maximum atomic E-state index is 9.85. The molecule has 1 aliphatic heterocycles. The van der Waals surface area contributed by atoms with Gasteiger partial charge in [0.1, 0.15) is 11.2 Å². The summed E-state index contributed by atoms with van der Waals surface area (Å²) in [6.07, 6.45) is 0.348. The number of hydrogen-bond acceptors (Lipinski definition) is 6. The van der Waals surface area contributed by atoms with Crippen LogP contribution in [0.1, 0.15) is 6.42 Å². The fourth-order valence-electron chi connectivity index (χ4n) is 1.79. The summed E-state index contributed by atoms with van der Waals surface area (Å²) in [7, 11) is 0. The van der Waals surface area contributed by atoms with Crippen LogP contribution >= 0.6 is 11.5 Å². The molecule has 1 aromatic heterocycles. The monoisotopic (exact) mass is 262 g/mol. The Morgan fingerprint density at radius 1 is 1.39 bits per heavy atom. The largest absolute Gasteiger partial charge is 0.372 e. The fourth-order valence-corrected chi connectivity index (χ4v) is 2.43. The van der Waals surface area contributed by atoms with E-state index in [0.29, 0.717) is 5.95 Å². The molecule has 2 aromatic rings. The Hall–Kier alpha value is -1.50. The summed E-state index contributed by atoms with van der Waals surface area (Å²) in [4.78, 5) is 4.37. The van der Waals surface area contributed by atoms with E-state index in [0.717, 1.165) is 23.5 Å². The first-order chi connectivity index (χ1) is 8.83. The lowest BCUT2D eigenvalue weighted by molar-refractivity contribution is 0.118. The van der Waals surface area contributed by atoms with E-state index in [-0.39, 0.29) is 6.04 Å². The molecule has 0 saturated carbocycles. The first-order valence-electron chi connectivity index (χ1n) is 5.90. The number of aliphatic hydroxyl groups excluding tert-OH is 1. The van der Waals surface area contributed by atoms with Crippen LogP contribution in [-0.4, -0.2) is 33.3 Å². The van der Waals surface area contributed by atoms with Gasteiger partial charge in [-0.2, -0.15) is 9.36 Å². The van der Waals surface area contributed by atoms with Gasteiger partial charge >= 0.3 is 0 Å². The highest BCUT2D eigenvalue weighted by atomic mass is 32.1. The van der Waals surface area contributed by atoms with E-state index in [9.17, 15) is 5.11 Å². The average Bonchev–Trinajstić information content (AvgIpc) is 2.76. The van der Waals surface area contributed by atoms with E-state index in [4.69, 9.17) is 0 Å². The van der Waals surface area contributed by atoms with Gasteiger partial charge < -0.3 is 15.7 Å². The van der Waals surface area contributed by atoms with Gasteiger partial charge in [0.15, 0.2) is 0 Å². The summed E-state index contributed by atoms with van der Waals surface area (Å²) >= 11 is 1.33. The van der Waals surface area contributed by atoms with E-state index >= 15 is 0 Å². The van der Waals surface area contributed by atoms with Crippen molar-refractivity contribution in [2.75, 3.05) is 11.9 Å². The van der Waals surface area contributed by atoms with E-state index in [1.165, 1.54) is 11.5 Å². The molecule has 0 aliphatic carbocycles. The zero-order valence-corrected chi connectivity index (χ0v) is 10.5. The van der Waals surface area contributed by atoms with Crippen LogP contribution in [0.2, 0.25) is 0 Å². The van der Waals surface area contributed by atoms with Crippen molar-refractivity contribution in [1.82, 2.24) is 14.7 Å². The molecule has 1 aromatic carbocycles. The lowest BCUT2D eigenvalue weighted by Crippen LogP contribution is -2.53. The Morgan fingerprint density at radius 2 is 2.17 bits per heavy atom. The number of aromatic nitrogens is 2. The molecule has 1 fully saturated rings. The quantitative estimate of drug-likeness (QED) is 0.725. The minimum absolute atomic E-state index is 0.105. The second-order valence-corrected chi connectivity index (χ2v) is 4.98. The van der Waals surface area contributed by atoms with Gasteiger partial charge in [-0.05, 0) is 24.5 Å². The van der Waals surface area contributed by atoms with Crippen molar-refractivity contribution >= 4 is 17.5 Å². The van der Waals surface area contributed by atoms with E-state index in [2.05, 4.69) is 20.0 Å². The van der Waals surface area contributed by atoms with Crippen molar-refractivity contribution < 1.29 is 5.11 Å². The van der Waals surface area contributed by atoms with Crippen molar-refractivity contribution in [3.63, 3.8) is 0 Å². The number of aliphatic hydroxyl groups is 1. The van der Waals surface area contributed by atoms with Gasteiger partial charge in [0.2, 0.25) is 5.95 Å².